The van der Waals surface area contributed by atoms with E-state index in [1.807, 2.05) is 48.3 Å². The Balaban J connectivity index is 1.70. The maximum atomic E-state index is 11.0. The van der Waals surface area contributed by atoms with Crippen molar-refractivity contribution in [2.45, 2.75) is 20.0 Å². The molecule has 23 heavy (non-hydrogen) atoms. The van der Waals surface area contributed by atoms with Gasteiger partial charge in [-0.25, -0.2) is 4.79 Å². The summed E-state index contributed by atoms with van der Waals surface area (Å²) in [6.45, 7) is 3.26. The van der Waals surface area contributed by atoms with E-state index in [4.69, 9.17) is 5.11 Å². The number of carboxylic acids is 1. The molecule has 0 radical (unpaired) electrons. The monoisotopic (exact) mass is 374 g/mol. The Hall–Kier alpha value is -2.41. The van der Waals surface area contributed by atoms with Gasteiger partial charge in [0.15, 0.2) is 0 Å². The fourth-order valence-corrected chi connectivity index (χ4v) is 2.78. The van der Waals surface area contributed by atoms with Crippen LogP contribution in [-0.2, 0) is 13.1 Å². The van der Waals surface area contributed by atoms with Gasteiger partial charge in [-0.1, -0.05) is 24.3 Å². The Morgan fingerprint density at radius 3 is 2.22 bits per heavy atom. The van der Waals surface area contributed by atoms with Crippen LogP contribution in [0, 0.1) is 6.92 Å². The van der Waals surface area contributed by atoms with Crippen LogP contribution in [0.25, 0.3) is 0 Å². The fourth-order valence-electron chi connectivity index (χ4n) is 2.30. The zero-order chi connectivity index (χ0) is 16.4. The normalized spacial score (nSPS) is 10.9. The summed E-state index contributed by atoms with van der Waals surface area (Å²) < 4.78 is 3.85. The molecule has 0 aliphatic heterocycles. The standard InChI is InChI=1S/C16H15BrN4O2/c1-11-6-18-20(7-11)8-12-2-4-13(5-3-12)9-21-10-14(16(22)23)15(17)19-21/h2-7,10H,8-9H2,1H3,(H,22,23). The molecule has 0 aliphatic carbocycles. The number of benzene rings is 1. The maximum absolute atomic E-state index is 11.0. The number of hydrogen-bond acceptors (Lipinski definition) is 3. The molecule has 3 rings (SSSR count). The number of aromatic nitrogens is 4. The van der Waals surface area contributed by atoms with Crippen molar-refractivity contribution in [1.82, 2.24) is 19.6 Å². The Labute approximate surface area is 141 Å². The van der Waals surface area contributed by atoms with Gasteiger partial charge in [0.25, 0.3) is 0 Å². The molecule has 0 amide bonds. The number of rotatable bonds is 5. The average molecular weight is 375 g/mol. The van der Waals surface area contributed by atoms with Gasteiger partial charge in [0.2, 0.25) is 0 Å². The van der Waals surface area contributed by atoms with Crippen molar-refractivity contribution in [3.63, 3.8) is 0 Å². The van der Waals surface area contributed by atoms with E-state index in [-0.39, 0.29) is 5.56 Å². The van der Waals surface area contributed by atoms with Crippen LogP contribution in [0.4, 0.5) is 0 Å². The molecule has 0 saturated carbocycles. The van der Waals surface area contributed by atoms with Crippen molar-refractivity contribution in [1.29, 1.82) is 0 Å². The lowest BCUT2D eigenvalue weighted by Gasteiger charge is -2.05. The molecule has 1 aromatic carbocycles. The summed E-state index contributed by atoms with van der Waals surface area (Å²) in [6.07, 6.45) is 5.36. The van der Waals surface area contributed by atoms with Crippen LogP contribution in [0.1, 0.15) is 27.0 Å². The summed E-state index contributed by atoms with van der Waals surface area (Å²) in [5.41, 5.74) is 3.51. The minimum Gasteiger partial charge on any atom is -0.478 e. The molecule has 6 nitrogen and oxygen atoms in total. The third-order valence-electron chi connectivity index (χ3n) is 3.42. The molecule has 0 aliphatic rings. The van der Waals surface area contributed by atoms with E-state index in [0.29, 0.717) is 11.1 Å². The van der Waals surface area contributed by atoms with E-state index in [9.17, 15) is 4.79 Å². The Morgan fingerprint density at radius 2 is 1.74 bits per heavy atom. The van der Waals surface area contributed by atoms with Crippen molar-refractivity contribution >= 4 is 21.9 Å². The van der Waals surface area contributed by atoms with Crippen LogP contribution < -0.4 is 0 Å². The van der Waals surface area contributed by atoms with Crippen LogP contribution in [0.3, 0.4) is 0 Å². The topological polar surface area (TPSA) is 72.9 Å². The number of aryl methyl sites for hydroxylation is 1. The van der Waals surface area contributed by atoms with Gasteiger partial charge in [0.1, 0.15) is 10.2 Å². The second kappa shape index (κ2) is 6.37. The molecule has 3 aromatic rings. The second-order valence-corrected chi connectivity index (χ2v) is 6.12. The molecule has 7 heteroatoms. The largest absolute Gasteiger partial charge is 0.478 e. The predicted octanol–water partition coefficient (Wildman–Crippen LogP) is 2.95. The minimum atomic E-state index is -0.993. The second-order valence-electron chi connectivity index (χ2n) is 5.37. The maximum Gasteiger partial charge on any atom is 0.340 e. The van der Waals surface area contributed by atoms with Gasteiger partial charge in [-0.05, 0) is 39.5 Å². The molecular formula is C16H15BrN4O2. The highest BCUT2D eigenvalue weighted by Gasteiger charge is 2.13. The minimum absolute atomic E-state index is 0.163. The van der Waals surface area contributed by atoms with Crippen molar-refractivity contribution in [2.24, 2.45) is 0 Å². The van der Waals surface area contributed by atoms with E-state index in [1.54, 1.807) is 4.68 Å². The van der Waals surface area contributed by atoms with E-state index in [1.165, 1.54) is 6.20 Å². The smallest absolute Gasteiger partial charge is 0.340 e. The summed E-state index contributed by atoms with van der Waals surface area (Å²) in [5.74, 6) is -0.993. The highest BCUT2D eigenvalue weighted by atomic mass is 79.9. The van der Waals surface area contributed by atoms with Crippen molar-refractivity contribution in [3.8, 4) is 0 Å². The first-order valence-electron chi connectivity index (χ1n) is 7.04. The molecule has 2 heterocycles. The van der Waals surface area contributed by atoms with Crippen LogP contribution in [0.15, 0.2) is 47.5 Å². The quantitative estimate of drug-likeness (QED) is 0.744. The molecule has 0 bridgehead atoms. The molecule has 0 unspecified atom stereocenters. The summed E-state index contributed by atoms with van der Waals surface area (Å²) in [5, 5.41) is 17.5. The molecule has 0 saturated heterocycles. The van der Waals surface area contributed by atoms with Crippen LogP contribution in [0.5, 0.6) is 0 Å². The van der Waals surface area contributed by atoms with Crippen molar-refractivity contribution < 1.29 is 9.90 Å². The molecule has 0 spiro atoms. The number of carbonyl (C=O) groups is 1. The van der Waals surface area contributed by atoms with Crippen LogP contribution in [0.2, 0.25) is 0 Å². The van der Waals surface area contributed by atoms with Gasteiger partial charge in [-0.3, -0.25) is 9.36 Å². The first-order valence-corrected chi connectivity index (χ1v) is 7.83. The Bertz CT molecular complexity index is 836. The van der Waals surface area contributed by atoms with Gasteiger partial charge in [-0.2, -0.15) is 10.2 Å². The lowest BCUT2D eigenvalue weighted by atomic mass is 10.1. The molecule has 0 fully saturated rings. The van der Waals surface area contributed by atoms with Gasteiger partial charge in [-0.15, -0.1) is 0 Å². The molecule has 1 N–H and O–H groups in total. The fraction of sp³-hybridized carbons (Fsp3) is 0.188. The summed E-state index contributed by atoms with van der Waals surface area (Å²) in [6, 6.07) is 8.12. The number of nitrogens with zero attached hydrogens (tertiary/aromatic N) is 4. The first kappa shape index (κ1) is 15.5. The van der Waals surface area contributed by atoms with E-state index in [2.05, 4.69) is 26.1 Å². The predicted molar refractivity (Wildman–Crippen MR) is 88.5 cm³/mol. The number of hydrogen-bond donors (Lipinski definition) is 1. The summed E-state index contributed by atoms with van der Waals surface area (Å²) >= 11 is 3.16. The van der Waals surface area contributed by atoms with E-state index in [0.717, 1.165) is 23.2 Å². The zero-order valence-electron chi connectivity index (χ0n) is 12.5. The number of carboxylic acid groups (broad SMARTS) is 1. The SMILES string of the molecule is Cc1cnn(Cc2ccc(Cn3cc(C(=O)O)c(Br)n3)cc2)c1. The third kappa shape index (κ3) is 3.68. The molecule has 0 atom stereocenters. The highest BCUT2D eigenvalue weighted by Crippen LogP contribution is 2.15. The zero-order valence-corrected chi connectivity index (χ0v) is 14.1. The Morgan fingerprint density at radius 1 is 1.13 bits per heavy atom. The van der Waals surface area contributed by atoms with Crippen molar-refractivity contribution in [3.05, 3.63) is 69.7 Å². The molecule has 118 valence electrons. The van der Waals surface area contributed by atoms with Gasteiger partial charge in [0.05, 0.1) is 19.3 Å². The van der Waals surface area contributed by atoms with Crippen LogP contribution >= 0.6 is 15.9 Å². The van der Waals surface area contributed by atoms with Gasteiger partial charge in [0, 0.05) is 12.4 Å². The van der Waals surface area contributed by atoms with Crippen molar-refractivity contribution in [2.75, 3.05) is 0 Å². The lowest BCUT2D eigenvalue weighted by molar-refractivity contribution is 0.0696. The average Bonchev–Trinajstić information content (AvgIpc) is 3.07. The van der Waals surface area contributed by atoms with Crippen LogP contribution in [-0.4, -0.2) is 30.6 Å². The number of halogens is 1. The van der Waals surface area contributed by atoms with E-state index < -0.39 is 5.97 Å². The first-order chi connectivity index (χ1) is 11.0. The summed E-state index contributed by atoms with van der Waals surface area (Å²) in [4.78, 5) is 11.0. The van der Waals surface area contributed by atoms with Gasteiger partial charge >= 0.3 is 5.97 Å². The summed E-state index contributed by atoms with van der Waals surface area (Å²) in [7, 11) is 0. The Kier molecular flexibility index (Phi) is 4.29. The number of aromatic carboxylic acids is 1. The highest BCUT2D eigenvalue weighted by molar-refractivity contribution is 9.10. The molecular weight excluding hydrogens is 360 g/mol. The lowest BCUT2D eigenvalue weighted by Crippen LogP contribution is -2.02. The third-order valence-corrected chi connectivity index (χ3v) is 4.01. The van der Waals surface area contributed by atoms with Gasteiger partial charge < -0.3 is 5.11 Å². The molecule has 2 aromatic heterocycles. The van der Waals surface area contributed by atoms with E-state index >= 15 is 0 Å².